The van der Waals surface area contributed by atoms with Gasteiger partial charge in [-0.3, -0.25) is 4.79 Å². The number of carbonyl (C=O) groups is 1. The SMILES string of the molecule is COc1ccc(Cl)cc1NC(=O)c1ccc(C)c(S(=O)(=O)N2CCOCC2)c1. The van der Waals surface area contributed by atoms with Crippen LogP contribution in [0.3, 0.4) is 0 Å². The number of halogens is 1. The van der Waals surface area contributed by atoms with E-state index >= 15 is 0 Å². The van der Waals surface area contributed by atoms with Gasteiger partial charge in [0.2, 0.25) is 10.0 Å². The van der Waals surface area contributed by atoms with Gasteiger partial charge in [-0.2, -0.15) is 4.31 Å². The highest BCUT2D eigenvalue weighted by molar-refractivity contribution is 7.89. The van der Waals surface area contributed by atoms with Gasteiger partial charge in [-0.05, 0) is 42.8 Å². The van der Waals surface area contributed by atoms with Crippen molar-refractivity contribution in [2.24, 2.45) is 0 Å². The molecular formula is C19H21ClN2O5S. The molecule has 1 amide bonds. The molecular weight excluding hydrogens is 404 g/mol. The minimum Gasteiger partial charge on any atom is -0.495 e. The molecule has 1 aliphatic rings. The number of methoxy groups -OCH3 is 1. The first-order chi connectivity index (χ1) is 13.3. The maximum absolute atomic E-state index is 13.0. The standard InChI is InChI=1S/C19H21ClN2O5S/c1-13-3-4-14(11-18(13)28(24,25)22-7-9-27-10-8-22)19(23)21-16-12-15(20)5-6-17(16)26-2/h3-6,11-12H,7-10H2,1-2H3,(H,21,23). The molecule has 1 saturated heterocycles. The van der Waals surface area contributed by atoms with Crippen molar-refractivity contribution in [2.45, 2.75) is 11.8 Å². The average Bonchev–Trinajstić information content (AvgIpc) is 2.69. The van der Waals surface area contributed by atoms with Crippen LogP contribution in [0, 0.1) is 6.92 Å². The molecule has 3 rings (SSSR count). The van der Waals surface area contributed by atoms with Crippen LogP contribution in [-0.4, -0.2) is 52.0 Å². The fraction of sp³-hybridized carbons (Fsp3) is 0.316. The number of hydrogen-bond acceptors (Lipinski definition) is 5. The Bertz CT molecular complexity index is 988. The van der Waals surface area contributed by atoms with Gasteiger partial charge < -0.3 is 14.8 Å². The van der Waals surface area contributed by atoms with Crippen molar-refractivity contribution in [1.82, 2.24) is 4.31 Å². The van der Waals surface area contributed by atoms with Crippen LogP contribution in [0.15, 0.2) is 41.3 Å². The fourth-order valence-corrected chi connectivity index (χ4v) is 4.75. The van der Waals surface area contributed by atoms with Gasteiger partial charge in [0.15, 0.2) is 0 Å². The number of benzene rings is 2. The van der Waals surface area contributed by atoms with E-state index in [1.54, 1.807) is 37.3 Å². The molecule has 28 heavy (non-hydrogen) atoms. The third-order valence-corrected chi connectivity index (χ3v) is 6.72. The summed E-state index contributed by atoms with van der Waals surface area (Å²) < 4.78 is 37.8. The van der Waals surface area contributed by atoms with Crippen LogP contribution in [0.25, 0.3) is 0 Å². The number of nitrogens with one attached hydrogen (secondary N) is 1. The fourth-order valence-electron chi connectivity index (χ4n) is 2.92. The molecule has 1 heterocycles. The number of morpholine rings is 1. The summed E-state index contributed by atoms with van der Waals surface area (Å²) >= 11 is 5.99. The molecule has 1 fully saturated rings. The minimum atomic E-state index is -3.71. The lowest BCUT2D eigenvalue weighted by molar-refractivity contribution is 0.0730. The summed E-state index contributed by atoms with van der Waals surface area (Å²) in [7, 11) is -2.23. The molecule has 0 atom stereocenters. The van der Waals surface area contributed by atoms with E-state index in [1.807, 2.05) is 0 Å². The van der Waals surface area contributed by atoms with E-state index in [2.05, 4.69) is 5.32 Å². The molecule has 0 aromatic heterocycles. The number of carbonyl (C=O) groups excluding carboxylic acids is 1. The van der Waals surface area contributed by atoms with Crippen molar-refractivity contribution >= 4 is 33.2 Å². The number of hydrogen-bond donors (Lipinski definition) is 1. The summed E-state index contributed by atoms with van der Waals surface area (Å²) in [6, 6.07) is 9.46. The third-order valence-electron chi connectivity index (χ3n) is 4.45. The lowest BCUT2D eigenvalue weighted by Gasteiger charge is -2.26. The normalized spacial score (nSPS) is 15.2. The summed E-state index contributed by atoms with van der Waals surface area (Å²) in [6.07, 6.45) is 0. The highest BCUT2D eigenvalue weighted by atomic mass is 35.5. The smallest absolute Gasteiger partial charge is 0.255 e. The lowest BCUT2D eigenvalue weighted by Crippen LogP contribution is -2.40. The van der Waals surface area contributed by atoms with Crippen molar-refractivity contribution in [3.8, 4) is 5.75 Å². The van der Waals surface area contributed by atoms with Gasteiger partial charge in [-0.15, -0.1) is 0 Å². The van der Waals surface area contributed by atoms with Crippen LogP contribution >= 0.6 is 11.6 Å². The molecule has 0 unspecified atom stereocenters. The molecule has 7 nitrogen and oxygen atoms in total. The lowest BCUT2D eigenvalue weighted by atomic mass is 10.1. The van der Waals surface area contributed by atoms with Gasteiger partial charge in [0.1, 0.15) is 5.75 Å². The summed E-state index contributed by atoms with van der Waals surface area (Å²) in [4.78, 5) is 12.8. The molecule has 0 aliphatic carbocycles. The van der Waals surface area contributed by atoms with Crippen molar-refractivity contribution in [3.05, 3.63) is 52.5 Å². The zero-order valence-electron chi connectivity index (χ0n) is 15.6. The number of rotatable bonds is 5. The van der Waals surface area contributed by atoms with Gasteiger partial charge in [0.25, 0.3) is 5.91 Å². The summed E-state index contributed by atoms with van der Waals surface area (Å²) in [5.41, 5.74) is 1.20. The number of nitrogens with zero attached hydrogens (tertiary/aromatic N) is 1. The molecule has 150 valence electrons. The van der Waals surface area contributed by atoms with Gasteiger partial charge in [-0.1, -0.05) is 17.7 Å². The van der Waals surface area contributed by atoms with Crippen LogP contribution in [0.5, 0.6) is 5.75 Å². The Balaban J connectivity index is 1.91. The minimum absolute atomic E-state index is 0.111. The average molecular weight is 425 g/mol. The summed E-state index contributed by atoms with van der Waals surface area (Å²) in [6.45, 7) is 2.99. The molecule has 2 aromatic carbocycles. The Morgan fingerprint density at radius 1 is 1.18 bits per heavy atom. The Hall–Kier alpha value is -2.13. The Kier molecular flexibility index (Phi) is 6.24. The zero-order chi connectivity index (χ0) is 20.3. The molecule has 0 bridgehead atoms. The van der Waals surface area contributed by atoms with Crippen LogP contribution in [0.2, 0.25) is 5.02 Å². The van der Waals surface area contributed by atoms with E-state index in [9.17, 15) is 13.2 Å². The number of anilines is 1. The van der Waals surface area contributed by atoms with Gasteiger partial charge >= 0.3 is 0 Å². The first-order valence-electron chi connectivity index (χ1n) is 8.66. The van der Waals surface area contributed by atoms with Crippen molar-refractivity contribution in [1.29, 1.82) is 0 Å². The van der Waals surface area contributed by atoms with E-state index in [4.69, 9.17) is 21.1 Å². The number of ether oxygens (including phenoxy) is 2. The molecule has 1 aliphatic heterocycles. The summed E-state index contributed by atoms with van der Waals surface area (Å²) in [5, 5.41) is 3.16. The van der Waals surface area contributed by atoms with E-state index < -0.39 is 15.9 Å². The van der Waals surface area contributed by atoms with Crippen molar-refractivity contribution in [3.63, 3.8) is 0 Å². The van der Waals surface area contributed by atoms with E-state index in [0.717, 1.165) is 0 Å². The van der Waals surface area contributed by atoms with Crippen LogP contribution in [0.4, 0.5) is 5.69 Å². The highest BCUT2D eigenvalue weighted by Gasteiger charge is 2.28. The predicted octanol–water partition coefficient (Wildman–Crippen LogP) is 2.93. The second-order valence-corrected chi connectivity index (χ2v) is 8.64. The van der Waals surface area contributed by atoms with Crippen LogP contribution in [-0.2, 0) is 14.8 Å². The third kappa shape index (κ3) is 4.30. The van der Waals surface area contributed by atoms with E-state index in [0.29, 0.717) is 35.2 Å². The first kappa shape index (κ1) is 20.6. The number of amides is 1. The van der Waals surface area contributed by atoms with Crippen molar-refractivity contribution in [2.75, 3.05) is 38.7 Å². The molecule has 0 radical (unpaired) electrons. The van der Waals surface area contributed by atoms with E-state index in [1.165, 1.54) is 17.5 Å². The van der Waals surface area contributed by atoms with Gasteiger partial charge in [0.05, 0.1) is 30.9 Å². The molecule has 0 saturated carbocycles. The molecule has 2 aromatic rings. The second kappa shape index (κ2) is 8.48. The quantitative estimate of drug-likeness (QED) is 0.797. The Labute approximate surface area is 169 Å². The topological polar surface area (TPSA) is 84.9 Å². The highest BCUT2D eigenvalue weighted by Crippen LogP contribution is 2.29. The Morgan fingerprint density at radius 3 is 2.57 bits per heavy atom. The molecule has 1 N–H and O–H groups in total. The monoisotopic (exact) mass is 424 g/mol. The largest absolute Gasteiger partial charge is 0.495 e. The maximum Gasteiger partial charge on any atom is 0.255 e. The first-order valence-corrected chi connectivity index (χ1v) is 10.5. The number of sulfonamides is 1. The van der Waals surface area contributed by atoms with Gasteiger partial charge in [0, 0.05) is 23.7 Å². The maximum atomic E-state index is 13.0. The van der Waals surface area contributed by atoms with Crippen LogP contribution < -0.4 is 10.1 Å². The van der Waals surface area contributed by atoms with Gasteiger partial charge in [-0.25, -0.2) is 8.42 Å². The number of aryl methyl sites for hydroxylation is 1. The van der Waals surface area contributed by atoms with Crippen molar-refractivity contribution < 1.29 is 22.7 Å². The Morgan fingerprint density at radius 2 is 1.89 bits per heavy atom. The zero-order valence-corrected chi connectivity index (χ0v) is 17.1. The van der Waals surface area contributed by atoms with Crippen LogP contribution in [0.1, 0.15) is 15.9 Å². The molecule has 0 spiro atoms. The predicted molar refractivity (Wildman–Crippen MR) is 107 cm³/mol. The van der Waals surface area contributed by atoms with E-state index in [-0.39, 0.29) is 23.5 Å². The second-order valence-electron chi connectivity index (χ2n) is 6.30. The summed E-state index contributed by atoms with van der Waals surface area (Å²) in [5.74, 6) is -0.00924. The molecule has 9 heteroatoms.